The quantitative estimate of drug-likeness (QED) is 0.666. The highest BCUT2D eigenvalue weighted by molar-refractivity contribution is 7.98. The fourth-order valence-corrected chi connectivity index (χ4v) is 3.00. The van der Waals surface area contributed by atoms with Crippen molar-refractivity contribution in [1.82, 2.24) is 29.7 Å². The third-order valence-corrected chi connectivity index (χ3v) is 4.14. The summed E-state index contributed by atoms with van der Waals surface area (Å²) in [5.74, 6) is 2.78. The maximum Gasteiger partial charge on any atom is 0.225 e. The molecule has 0 bridgehead atoms. The minimum Gasteiger partial charge on any atom is -0.469 e. The zero-order valence-corrected chi connectivity index (χ0v) is 13.5. The lowest BCUT2D eigenvalue weighted by Gasteiger charge is -2.06. The van der Waals surface area contributed by atoms with E-state index < -0.39 is 0 Å². The van der Waals surface area contributed by atoms with Crippen molar-refractivity contribution in [3.8, 4) is 11.4 Å². The Labute approximate surface area is 136 Å². The van der Waals surface area contributed by atoms with E-state index in [-0.39, 0.29) is 11.9 Å². The van der Waals surface area contributed by atoms with Crippen LogP contribution in [-0.2, 0) is 12.3 Å². The molecule has 0 radical (unpaired) electrons. The van der Waals surface area contributed by atoms with Crippen molar-refractivity contribution in [2.75, 3.05) is 11.5 Å². The first kappa shape index (κ1) is 15.3. The summed E-state index contributed by atoms with van der Waals surface area (Å²) in [6.45, 7) is 4.66. The maximum atomic E-state index is 5.57. The number of aryl methyl sites for hydroxylation is 1. The first-order valence-electron chi connectivity index (χ1n) is 6.94. The summed E-state index contributed by atoms with van der Waals surface area (Å²) in [6, 6.07) is 1.88. The number of anilines is 2. The van der Waals surface area contributed by atoms with E-state index in [1.807, 2.05) is 24.5 Å². The average molecular weight is 332 g/mol. The smallest absolute Gasteiger partial charge is 0.225 e. The zero-order chi connectivity index (χ0) is 16.4. The number of nitrogen functional groups attached to an aromatic ring is 2. The standard InChI is InChI=1S/C13H16N8OS/c1-3-21-10(8-4-5-22-7(8)2)19-20-13(21)23-6-9-16-11(14)18-12(15)17-9/h4-5H,3,6H2,1-2H3,(H4,14,15,16,17,18). The second-order valence-corrected chi connectivity index (χ2v) is 5.64. The van der Waals surface area contributed by atoms with Gasteiger partial charge in [0, 0.05) is 6.54 Å². The van der Waals surface area contributed by atoms with Crippen LogP contribution in [0.15, 0.2) is 21.9 Å². The van der Waals surface area contributed by atoms with E-state index >= 15 is 0 Å². The number of hydrogen-bond acceptors (Lipinski definition) is 9. The van der Waals surface area contributed by atoms with Gasteiger partial charge in [-0.15, -0.1) is 10.2 Å². The number of nitrogens with zero attached hydrogens (tertiary/aromatic N) is 6. The number of furan rings is 1. The van der Waals surface area contributed by atoms with Crippen LogP contribution in [0.3, 0.4) is 0 Å². The van der Waals surface area contributed by atoms with Crippen molar-refractivity contribution in [2.24, 2.45) is 0 Å². The molecule has 23 heavy (non-hydrogen) atoms. The Balaban J connectivity index is 1.84. The molecule has 4 N–H and O–H groups in total. The van der Waals surface area contributed by atoms with Crippen molar-refractivity contribution in [3.05, 3.63) is 23.9 Å². The molecule has 0 amide bonds. The Kier molecular flexibility index (Phi) is 4.15. The number of aromatic nitrogens is 6. The molecule has 120 valence electrons. The maximum absolute atomic E-state index is 5.57. The van der Waals surface area contributed by atoms with Crippen LogP contribution in [-0.4, -0.2) is 29.7 Å². The van der Waals surface area contributed by atoms with Crippen molar-refractivity contribution in [1.29, 1.82) is 0 Å². The first-order valence-corrected chi connectivity index (χ1v) is 7.93. The van der Waals surface area contributed by atoms with Gasteiger partial charge in [0.15, 0.2) is 11.0 Å². The third kappa shape index (κ3) is 3.11. The first-order chi connectivity index (χ1) is 11.1. The molecule has 3 aromatic rings. The second kappa shape index (κ2) is 6.24. The van der Waals surface area contributed by atoms with Gasteiger partial charge in [-0.05, 0) is 19.9 Å². The van der Waals surface area contributed by atoms with Crippen molar-refractivity contribution in [3.63, 3.8) is 0 Å². The monoisotopic (exact) mass is 332 g/mol. The molecule has 10 heteroatoms. The largest absolute Gasteiger partial charge is 0.469 e. The molecular weight excluding hydrogens is 316 g/mol. The minimum absolute atomic E-state index is 0.111. The number of rotatable bonds is 5. The summed E-state index contributed by atoms with van der Waals surface area (Å²) < 4.78 is 7.35. The molecule has 0 spiro atoms. The normalized spacial score (nSPS) is 11.0. The molecule has 0 aliphatic heterocycles. The number of thioether (sulfide) groups is 1. The summed E-state index contributed by atoms with van der Waals surface area (Å²) in [7, 11) is 0. The van der Waals surface area contributed by atoms with Gasteiger partial charge in [-0.25, -0.2) is 0 Å². The highest BCUT2D eigenvalue weighted by Gasteiger charge is 2.17. The van der Waals surface area contributed by atoms with Gasteiger partial charge < -0.3 is 20.5 Å². The van der Waals surface area contributed by atoms with Crippen molar-refractivity contribution >= 4 is 23.7 Å². The van der Waals surface area contributed by atoms with Crippen LogP contribution in [0.4, 0.5) is 11.9 Å². The molecule has 0 aliphatic carbocycles. The lowest BCUT2D eigenvalue weighted by molar-refractivity contribution is 0.534. The summed E-state index contributed by atoms with van der Waals surface area (Å²) in [5.41, 5.74) is 12.1. The Bertz CT molecular complexity index is 807. The average Bonchev–Trinajstić information content (AvgIpc) is 3.09. The fourth-order valence-electron chi connectivity index (χ4n) is 2.15. The molecule has 0 aliphatic rings. The van der Waals surface area contributed by atoms with Gasteiger partial charge >= 0.3 is 0 Å². The predicted octanol–water partition coefficient (Wildman–Crippen LogP) is 1.51. The molecule has 3 heterocycles. The van der Waals surface area contributed by atoms with Gasteiger partial charge in [0.05, 0.1) is 17.6 Å². The Hall–Kier alpha value is -2.62. The highest BCUT2D eigenvalue weighted by atomic mass is 32.2. The van der Waals surface area contributed by atoms with Gasteiger partial charge in [0.2, 0.25) is 11.9 Å². The Morgan fingerprint density at radius 1 is 1.17 bits per heavy atom. The third-order valence-electron chi connectivity index (χ3n) is 3.18. The molecule has 3 rings (SSSR count). The van der Waals surface area contributed by atoms with Gasteiger partial charge in [-0.2, -0.15) is 15.0 Å². The van der Waals surface area contributed by atoms with E-state index in [4.69, 9.17) is 15.9 Å². The van der Waals surface area contributed by atoms with Gasteiger partial charge in [0.1, 0.15) is 11.6 Å². The van der Waals surface area contributed by atoms with Crippen molar-refractivity contribution < 1.29 is 4.42 Å². The van der Waals surface area contributed by atoms with Crippen LogP contribution >= 0.6 is 11.8 Å². The fraction of sp³-hybridized carbons (Fsp3) is 0.308. The van der Waals surface area contributed by atoms with Gasteiger partial charge in [-0.1, -0.05) is 11.8 Å². The molecule has 9 nitrogen and oxygen atoms in total. The molecule has 0 aromatic carbocycles. The molecule has 0 atom stereocenters. The molecule has 0 unspecified atom stereocenters. The SMILES string of the molecule is CCn1c(SCc2nc(N)nc(N)n2)nnc1-c1ccoc1C. The lowest BCUT2D eigenvalue weighted by atomic mass is 10.2. The van der Waals surface area contributed by atoms with Crippen LogP contribution in [0.5, 0.6) is 0 Å². The van der Waals surface area contributed by atoms with Gasteiger partial charge in [0.25, 0.3) is 0 Å². The minimum atomic E-state index is 0.111. The second-order valence-electron chi connectivity index (χ2n) is 4.70. The van der Waals surface area contributed by atoms with Crippen LogP contribution in [0.2, 0.25) is 0 Å². The molecule has 0 fully saturated rings. The topological polar surface area (TPSA) is 135 Å². The van der Waals surface area contributed by atoms with Crippen LogP contribution < -0.4 is 11.5 Å². The Morgan fingerprint density at radius 2 is 1.91 bits per heavy atom. The van der Waals surface area contributed by atoms with Gasteiger partial charge in [-0.3, -0.25) is 0 Å². The summed E-state index contributed by atoms with van der Waals surface area (Å²) in [6.07, 6.45) is 1.64. The summed E-state index contributed by atoms with van der Waals surface area (Å²) in [5, 5.41) is 9.28. The number of hydrogen-bond donors (Lipinski definition) is 2. The number of nitrogens with two attached hydrogens (primary N) is 2. The lowest BCUT2D eigenvalue weighted by Crippen LogP contribution is -2.06. The van der Waals surface area contributed by atoms with E-state index in [2.05, 4.69) is 25.1 Å². The van der Waals surface area contributed by atoms with Crippen LogP contribution in [0.1, 0.15) is 18.5 Å². The summed E-state index contributed by atoms with van der Waals surface area (Å²) >= 11 is 1.46. The van der Waals surface area contributed by atoms with E-state index in [0.717, 1.165) is 28.8 Å². The summed E-state index contributed by atoms with van der Waals surface area (Å²) in [4.78, 5) is 11.9. The van der Waals surface area contributed by atoms with Crippen LogP contribution in [0.25, 0.3) is 11.4 Å². The van der Waals surface area contributed by atoms with E-state index in [1.165, 1.54) is 11.8 Å². The molecule has 0 saturated heterocycles. The molecule has 3 aromatic heterocycles. The van der Waals surface area contributed by atoms with Crippen molar-refractivity contribution in [2.45, 2.75) is 31.3 Å². The molecule has 0 saturated carbocycles. The highest BCUT2D eigenvalue weighted by Crippen LogP contribution is 2.28. The molecular formula is C13H16N8OS. The van der Waals surface area contributed by atoms with E-state index in [0.29, 0.717) is 11.6 Å². The van der Waals surface area contributed by atoms with Crippen LogP contribution in [0, 0.1) is 6.92 Å². The zero-order valence-electron chi connectivity index (χ0n) is 12.7. The van der Waals surface area contributed by atoms with E-state index in [9.17, 15) is 0 Å². The Morgan fingerprint density at radius 3 is 2.52 bits per heavy atom. The predicted molar refractivity (Wildman–Crippen MR) is 86.3 cm³/mol. The van der Waals surface area contributed by atoms with E-state index in [1.54, 1.807) is 6.26 Å².